The van der Waals surface area contributed by atoms with Crippen molar-refractivity contribution in [3.8, 4) is 11.5 Å². The van der Waals surface area contributed by atoms with Gasteiger partial charge >= 0.3 is 5.97 Å². The van der Waals surface area contributed by atoms with Crippen LogP contribution in [0.15, 0.2) is 66.7 Å². The Kier molecular flexibility index (Phi) is 6.98. The summed E-state index contributed by atoms with van der Waals surface area (Å²) in [5.74, 6) is 0.277. The van der Waals surface area contributed by atoms with Gasteiger partial charge in [-0.1, -0.05) is 56.7 Å². The molecule has 0 aromatic heterocycles. The fourth-order valence-corrected chi connectivity index (χ4v) is 3.33. The Morgan fingerprint density at radius 1 is 0.906 bits per heavy atom. The van der Waals surface area contributed by atoms with Gasteiger partial charge in [0.1, 0.15) is 11.5 Å². The molecule has 0 bridgehead atoms. The third-order valence-electron chi connectivity index (χ3n) is 5.02. The van der Waals surface area contributed by atoms with Crippen molar-refractivity contribution in [3.05, 3.63) is 89.0 Å². The molecule has 166 valence electrons. The highest BCUT2D eigenvalue weighted by molar-refractivity contribution is 6.04. The molecule has 0 fully saturated rings. The van der Waals surface area contributed by atoms with Crippen molar-refractivity contribution >= 4 is 17.6 Å². The highest BCUT2D eigenvalue weighted by Crippen LogP contribution is 2.31. The van der Waals surface area contributed by atoms with Gasteiger partial charge in [0.15, 0.2) is 6.61 Å². The van der Waals surface area contributed by atoms with Crippen molar-refractivity contribution in [2.45, 2.75) is 40.0 Å². The van der Waals surface area contributed by atoms with E-state index in [0.717, 1.165) is 22.4 Å². The molecule has 1 N–H and O–H groups in total. The lowest BCUT2D eigenvalue weighted by Gasteiger charge is -2.22. The molecule has 0 spiro atoms. The van der Waals surface area contributed by atoms with E-state index >= 15 is 0 Å². The number of carbonyl (C=O) groups excluding carboxylic acids is 2. The van der Waals surface area contributed by atoms with Crippen LogP contribution in [0.1, 0.15) is 47.8 Å². The summed E-state index contributed by atoms with van der Waals surface area (Å²) in [6, 6.07) is 19.9. The molecule has 0 saturated heterocycles. The van der Waals surface area contributed by atoms with Crippen LogP contribution in [0.3, 0.4) is 0 Å². The number of hydrogen-bond donors (Lipinski definition) is 1. The first-order valence-corrected chi connectivity index (χ1v) is 10.5. The van der Waals surface area contributed by atoms with Gasteiger partial charge in [-0.25, -0.2) is 4.79 Å². The minimum absolute atomic E-state index is 0.103. The predicted octanol–water partition coefficient (Wildman–Crippen LogP) is 5.84. The van der Waals surface area contributed by atoms with Gasteiger partial charge in [-0.2, -0.15) is 0 Å². The van der Waals surface area contributed by atoms with Crippen LogP contribution in [0.2, 0.25) is 0 Å². The fourth-order valence-electron chi connectivity index (χ4n) is 3.33. The third kappa shape index (κ3) is 5.97. The lowest BCUT2D eigenvalue weighted by molar-refractivity contribution is -0.136. The number of hydrogen-bond acceptors (Lipinski definition) is 4. The average Bonchev–Trinajstić information content (AvgIpc) is 2.74. The van der Waals surface area contributed by atoms with Gasteiger partial charge in [-0.15, -0.1) is 0 Å². The van der Waals surface area contributed by atoms with E-state index in [9.17, 15) is 9.59 Å². The van der Waals surface area contributed by atoms with E-state index in [1.165, 1.54) is 0 Å². The molecule has 5 nitrogen and oxygen atoms in total. The first-order valence-electron chi connectivity index (χ1n) is 10.5. The Labute approximate surface area is 189 Å². The average molecular weight is 432 g/mol. The second kappa shape index (κ2) is 9.69. The second-order valence-electron chi connectivity index (χ2n) is 8.81. The fraction of sp³-hybridized carbons (Fsp3) is 0.259. The van der Waals surface area contributed by atoms with Crippen molar-refractivity contribution < 1.29 is 19.1 Å². The molecule has 3 aromatic carbocycles. The maximum atomic E-state index is 12.5. The van der Waals surface area contributed by atoms with Crippen LogP contribution in [-0.2, 0) is 10.2 Å². The van der Waals surface area contributed by atoms with Gasteiger partial charge in [0.2, 0.25) is 0 Å². The topological polar surface area (TPSA) is 64.6 Å². The van der Waals surface area contributed by atoms with Gasteiger partial charge in [0.05, 0.1) is 0 Å². The lowest BCUT2D eigenvalue weighted by Crippen LogP contribution is -2.20. The van der Waals surface area contributed by atoms with Gasteiger partial charge in [-0.3, -0.25) is 4.79 Å². The molecule has 3 aromatic rings. The Hall–Kier alpha value is -3.60. The summed E-state index contributed by atoms with van der Waals surface area (Å²) in [4.78, 5) is 24.8. The zero-order valence-electron chi connectivity index (χ0n) is 19.2. The van der Waals surface area contributed by atoms with Crippen LogP contribution in [0, 0.1) is 13.8 Å². The summed E-state index contributed by atoms with van der Waals surface area (Å²) in [5, 5.41) is 2.90. The van der Waals surface area contributed by atoms with Crippen LogP contribution in [0.5, 0.6) is 11.5 Å². The number of esters is 1. The number of benzene rings is 3. The van der Waals surface area contributed by atoms with Crippen LogP contribution in [-0.4, -0.2) is 18.5 Å². The van der Waals surface area contributed by atoms with E-state index in [1.807, 2.05) is 56.3 Å². The lowest BCUT2D eigenvalue weighted by atomic mass is 9.86. The summed E-state index contributed by atoms with van der Waals surface area (Å²) in [5.41, 5.74) is 4.29. The van der Waals surface area contributed by atoms with E-state index in [2.05, 4.69) is 26.1 Å². The summed E-state index contributed by atoms with van der Waals surface area (Å²) in [7, 11) is 0. The van der Waals surface area contributed by atoms with Crippen LogP contribution in [0.4, 0.5) is 5.69 Å². The molecule has 0 radical (unpaired) electrons. The Balaban J connectivity index is 1.57. The van der Waals surface area contributed by atoms with Crippen LogP contribution in [0.25, 0.3) is 0 Å². The van der Waals surface area contributed by atoms with Crippen molar-refractivity contribution in [2.75, 3.05) is 11.9 Å². The molecule has 0 aliphatic heterocycles. The van der Waals surface area contributed by atoms with Gasteiger partial charge in [-0.05, 0) is 66.8 Å². The number of para-hydroxylation sites is 1. The standard InChI is InChI=1S/C27H29NO4/c1-18-10-15-23(19(2)16-18)28-26(30)20-11-13-21(14-12-20)32-25(29)17-31-24-9-7-6-8-22(24)27(3,4)5/h6-16H,17H2,1-5H3,(H,28,30). The summed E-state index contributed by atoms with van der Waals surface area (Å²) in [6.07, 6.45) is 0. The second-order valence-corrected chi connectivity index (χ2v) is 8.81. The maximum absolute atomic E-state index is 12.5. The van der Waals surface area contributed by atoms with Gasteiger partial charge in [0.25, 0.3) is 5.91 Å². The van der Waals surface area contributed by atoms with Gasteiger partial charge < -0.3 is 14.8 Å². The number of nitrogens with one attached hydrogen (secondary N) is 1. The summed E-state index contributed by atoms with van der Waals surface area (Å²) >= 11 is 0. The molecule has 0 heterocycles. The first kappa shape index (κ1) is 23.1. The number of anilines is 1. The molecule has 5 heteroatoms. The molecule has 0 aliphatic carbocycles. The van der Waals surface area contributed by atoms with E-state index in [1.54, 1.807) is 24.3 Å². The zero-order chi connectivity index (χ0) is 23.3. The highest BCUT2D eigenvalue weighted by Gasteiger charge is 2.19. The van der Waals surface area contributed by atoms with Crippen molar-refractivity contribution in [1.29, 1.82) is 0 Å². The van der Waals surface area contributed by atoms with E-state index in [0.29, 0.717) is 17.1 Å². The number of rotatable bonds is 6. The normalized spacial score (nSPS) is 11.0. The van der Waals surface area contributed by atoms with E-state index < -0.39 is 5.97 Å². The quantitative estimate of drug-likeness (QED) is 0.393. The Bertz CT molecular complexity index is 1110. The van der Waals surface area contributed by atoms with Crippen LogP contribution >= 0.6 is 0 Å². The molecule has 3 rings (SSSR count). The molecule has 1 amide bonds. The molecule has 0 aliphatic rings. The first-order chi connectivity index (χ1) is 15.1. The molecule has 0 atom stereocenters. The monoisotopic (exact) mass is 431 g/mol. The number of carbonyl (C=O) groups is 2. The largest absolute Gasteiger partial charge is 0.482 e. The van der Waals surface area contributed by atoms with E-state index in [4.69, 9.17) is 9.47 Å². The van der Waals surface area contributed by atoms with Gasteiger partial charge in [0, 0.05) is 11.3 Å². The molecule has 0 saturated carbocycles. The van der Waals surface area contributed by atoms with Crippen LogP contribution < -0.4 is 14.8 Å². The van der Waals surface area contributed by atoms with E-state index in [-0.39, 0.29) is 17.9 Å². The predicted molar refractivity (Wildman–Crippen MR) is 127 cm³/mol. The Morgan fingerprint density at radius 2 is 1.59 bits per heavy atom. The summed E-state index contributed by atoms with van der Waals surface area (Å²) in [6.45, 7) is 10.0. The number of ether oxygens (including phenoxy) is 2. The van der Waals surface area contributed by atoms with Crippen molar-refractivity contribution in [2.24, 2.45) is 0 Å². The Morgan fingerprint density at radius 3 is 2.25 bits per heavy atom. The smallest absolute Gasteiger partial charge is 0.349 e. The van der Waals surface area contributed by atoms with Crippen molar-refractivity contribution in [3.63, 3.8) is 0 Å². The minimum Gasteiger partial charge on any atom is -0.482 e. The SMILES string of the molecule is Cc1ccc(NC(=O)c2ccc(OC(=O)COc3ccccc3C(C)(C)C)cc2)c(C)c1. The van der Waals surface area contributed by atoms with Crippen molar-refractivity contribution in [1.82, 2.24) is 0 Å². The third-order valence-corrected chi connectivity index (χ3v) is 5.02. The minimum atomic E-state index is -0.513. The molecule has 0 unspecified atom stereocenters. The highest BCUT2D eigenvalue weighted by atomic mass is 16.6. The molecular weight excluding hydrogens is 402 g/mol. The number of aryl methyl sites for hydroxylation is 2. The molecular formula is C27H29NO4. The number of amides is 1. The summed E-state index contributed by atoms with van der Waals surface area (Å²) < 4.78 is 11.1. The molecule has 32 heavy (non-hydrogen) atoms. The maximum Gasteiger partial charge on any atom is 0.349 e. The zero-order valence-corrected chi connectivity index (χ0v) is 19.2.